The van der Waals surface area contributed by atoms with Crippen molar-refractivity contribution in [1.29, 1.82) is 0 Å². The number of hydrogen-bond acceptors (Lipinski definition) is 3. The molecule has 0 saturated carbocycles. The lowest BCUT2D eigenvalue weighted by molar-refractivity contribution is 0.579. The van der Waals surface area contributed by atoms with Gasteiger partial charge in [0.2, 0.25) is 0 Å². The van der Waals surface area contributed by atoms with Crippen molar-refractivity contribution in [3.05, 3.63) is 30.1 Å². The third-order valence-electron chi connectivity index (χ3n) is 2.92. The molecule has 1 aromatic rings. The number of thioether (sulfide) groups is 1. The molecule has 2 N–H and O–H groups in total. The average molecular weight is 256 g/mol. The fraction of sp³-hybridized carbons (Fsp3) is 0.538. The summed E-state index contributed by atoms with van der Waals surface area (Å²) in [5.74, 6) is 0.947. The van der Waals surface area contributed by atoms with Crippen molar-refractivity contribution in [2.75, 3.05) is 30.5 Å². The van der Waals surface area contributed by atoms with E-state index in [4.69, 9.17) is 5.73 Å². The monoisotopic (exact) mass is 256 g/mol. The summed E-state index contributed by atoms with van der Waals surface area (Å²) in [7, 11) is 1.98. The summed E-state index contributed by atoms with van der Waals surface area (Å²) in [6.07, 6.45) is 4.29. The fourth-order valence-corrected chi connectivity index (χ4v) is 2.29. The molecular formula is C13H21FN2S. The van der Waals surface area contributed by atoms with Crippen molar-refractivity contribution in [2.24, 2.45) is 5.73 Å². The molecule has 0 radical (unpaired) electrons. The van der Waals surface area contributed by atoms with Crippen molar-refractivity contribution in [3.63, 3.8) is 0 Å². The van der Waals surface area contributed by atoms with E-state index in [1.807, 2.05) is 24.9 Å². The van der Waals surface area contributed by atoms with E-state index in [1.165, 1.54) is 6.07 Å². The molecule has 0 heterocycles. The Morgan fingerprint density at radius 1 is 1.47 bits per heavy atom. The second-order valence-electron chi connectivity index (χ2n) is 4.12. The Hall–Kier alpha value is -0.740. The summed E-state index contributed by atoms with van der Waals surface area (Å²) in [6.45, 7) is 0.599. The van der Waals surface area contributed by atoms with E-state index in [2.05, 4.69) is 11.2 Å². The summed E-state index contributed by atoms with van der Waals surface area (Å²) in [6, 6.07) is 6.94. The maximum Gasteiger partial charge on any atom is 0.125 e. The number of benzene rings is 1. The highest BCUT2D eigenvalue weighted by Crippen LogP contribution is 2.18. The molecule has 1 atom stereocenters. The maximum atomic E-state index is 13.1. The van der Waals surface area contributed by atoms with Gasteiger partial charge in [0.25, 0.3) is 0 Å². The molecule has 0 fully saturated rings. The summed E-state index contributed by atoms with van der Waals surface area (Å²) in [4.78, 5) is 2.07. The standard InChI is InChI=1S/C13H21FN2S/c1-16(12-6-3-5-11(14)9-12)13(10-15)7-4-8-17-2/h3,5-6,9,13H,4,7-8,10,15H2,1-2H3. The number of anilines is 1. The second kappa shape index (κ2) is 7.56. The van der Waals surface area contributed by atoms with Gasteiger partial charge in [-0.3, -0.25) is 0 Å². The summed E-state index contributed by atoms with van der Waals surface area (Å²) >= 11 is 1.84. The van der Waals surface area contributed by atoms with Crippen LogP contribution in [0, 0.1) is 5.82 Å². The Balaban J connectivity index is 2.61. The summed E-state index contributed by atoms with van der Waals surface area (Å²) in [5.41, 5.74) is 6.68. The Bertz CT molecular complexity index is 333. The highest BCUT2D eigenvalue weighted by molar-refractivity contribution is 7.98. The smallest absolute Gasteiger partial charge is 0.125 e. The van der Waals surface area contributed by atoms with Crippen LogP contribution in [0.1, 0.15) is 12.8 Å². The van der Waals surface area contributed by atoms with Gasteiger partial charge in [0.15, 0.2) is 0 Å². The van der Waals surface area contributed by atoms with Gasteiger partial charge >= 0.3 is 0 Å². The van der Waals surface area contributed by atoms with Crippen molar-refractivity contribution < 1.29 is 4.39 Å². The van der Waals surface area contributed by atoms with Gasteiger partial charge in [-0.2, -0.15) is 11.8 Å². The van der Waals surface area contributed by atoms with Crippen LogP contribution in [0.15, 0.2) is 24.3 Å². The number of nitrogens with zero attached hydrogens (tertiary/aromatic N) is 1. The van der Waals surface area contributed by atoms with E-state index >= 15 is 0 Å². The lowest BCUT2D eigenvalue weighted by Crippen LogP contribution is -2.38. The number of rotatable bonds is 7. The average Bonchev–Trinajstić information content (AvgIpc) is 2.34. The number of halogens is 1. The maximum absolute atomic E-state index is 13.1. The van der Waals surface area contributed by atoms with Crippen LogP contribution in [-0.2, 0) is 0 Å². The first kappa shape index (κ1) is 14.3. The van der Waals surface area contributed by atoms with Crippen molar-refractivity contribution in [2.45, 2.75) is 18.9 Å². The summed E-state index contributed by atoms with van der Waals surface area (Å²) in [5, 5.41) is 0. The molecule has 0 saturated heterocycles. The van der Waals surface area contributed by atoms with E-state index in [9.17, 15) is 4.39 Å². The predicted molar refractivity (Wildman–Crippen MR) is 75.3 cm³/mol. The molecule has 0 aliphatic carbocycles. The quantitative estimate of drug-likeness (QED) is 0.761. The second-order valence-corrected chi connectivity index (χ2v) is 5.10. The normalized spacial score (nSPS) is 12.5. The predicted octanol–water partition coefficient (Wildman–Crippen LogP) is 2.73. The van der Waals surface area contributed by atoms with E-state index in [1.54, 1.807) is 12.1 Å². The van der Waals surface area contributed by atoms with Crippen molar-refractivity contribution in [1.82, 2.24) is 0 Å². The first-order valence-electron chi connectivity index (χ1n) is 5.86. The lowest BCUT2D eigenvalue weighted by Gasteiger charge is -2.29. The molecule has 1 rings (SSSR count). The minimum Gasteiger partial charge on any atom is -0.370 e. The van der Waals surface area contributed by atoms with Crippen LogP contribution in [0.25, 0.3) is 0 Å². The molecule has 17 heavy (non-hydrogen) atoms. The Labute approximate surface area is 107 Å². The van der Waals surface area contributed by atoms with Gasteiger partial charge in [-0.1, -0.05) is 6.07 Å². The molecule has 0 aliphatic rings. The molecule has 1 aromatic carbocycles. The molecule has 1 unspecified atom stereocenters. The number of likely N-dealkylation sites (N-methyl/N-ethyl adjacent to an activating group) is 1. The third-order valence-corrected chi connectivity index (χ3v) is 3.62. The van der Waals surface area contributed by atoms with Crippen LogP contribution >= 0.6 is 11.8 Å². The molecule has 0 bridgehead atoms. The zero-order chi connectivity index (χ0) is 12.7. The molecule has 2 nitrogen and oxygen atoms in total. The largest absolute Gasteiger partial charge is 0.370 e. The molecule has 0 amide bonds. The highest BCUT2D eigenvalue weighted by Gasteiger charge is 2.13. The zero-order valence-corrected chi connectivity index (χ0v) is 11.3. The minimum atomic E-state index is -0.200. The van der Waals surface area contributed by atoms with E-state index in [-0.39, 0.29) is 11.9 Å². The zero-order valence-electron chi connectivity index (χ0n) is 10.5. The van der Waals surface area contributed by atoms with Crippen LogP contribution in [-0.4, -0.2) is 31.6 Å². The Morgan fingerprint density at radius 2 is 2.24 bits per heavy atom. The number of hydrogen-bond donors (Lipinski definition) is 1. The highest BCUT2D eigenvalue weighted by atomic mass is 32.2. The Morgan fingerprint density at radius 3 is 2.82 bits per heavy atom. The molecule has 4 heteroatoms. The van der Waals surface area contributed by atoms with Gasteiger partial charge in [0, 0.05) is 25.3 Å². The summed E-state index contributed by atoms with van der Waals surface area (Å²) < 4.78 is 13.1. The van der Waals surface area contributed by atoms with Crippen LogP contribution in [0.2, 0.25) is 0 Å². The Kier molecular flexibility index (Phi) is 6.37. The van der Waals surface area contributed by atoms with E-state index < -0.39 is 0 Å². The van der Waals surface area contributed by atoms with Gasteiger partial charge in [-0.15, -0.1) is 0 Å². The SMILES string of the molecule is CSCCCC(CN)N(C)c1cccc(F)c1. The third kappa shape index (κ3) is 4.56. The van der Waals surface area contributed by atoms with Crippen LogP contribution in [0.5, 0.6) is 0 Å². The van der Waals surface area contributed by atoms with Gasteiger partial charge < -0.3 is 10.6 Å². The van der Waals surface area contributed by atoms with E-state index in [0.717, 1.165) is 24.3 Å². The van der Waals surface area contributed by atoms with E-state index in [0.29, 0.717) is 6.54 Å². The lowest BCUT2D eigenvalue weighted by atomic mass is 10.1. The first-order valence-corrected chi connectivity index (χ1v) is 7.25. The van der Waals surface area contributed by atoms with Crippen LogP contribution in [0.3, 0.4) is 0 Å². The van der Waals surface area contributed by atoms with Crippen molar-refractivity contribution >= 4 is 17.4 Å². The van der Waals surface area contributed by atoms with Gasteiger partial charge in [-0.25, -0.2) is 4.39 Å². The molecule has 0 spiro atoms. The molecule has 0 aliphatic heterocycles. The van der Waals surface area contributed by atoms with Gasteiger partial charge in [0.1, 0.15) is 5.82 Å². The molecule has 96 valence electrons. The van der Waals surface area contributed by atoms with Gasteiger partial charge in [0.05, 0.1) is 0 Å². The minimum absolute atomic E-state index is 0.200. The molecule has 0 aromatic heterocycles. The topological polar surface area (TPSA) is 29.3 Å². The first-order chi connectivity index (χ1) is 8.19. The van der Waals surface area contributed by atoms with Gasteiger partial charge in [-0.05, 0) is 43.0 Å². The fourth-order valence-electron chi connectivity index (χ4n) is 1.84. The van der Waals surface area contributed by atoms with Crippen molar-refractivity contribution in [3.8, 4) is 0 Å². The molecular weight excluding hydrogens is 235 g/mol. The van der Waals surface area contributed by atoms with Crippen LogP contribution < -0.4 is 10.6 Å². The number of nitrogens with two attached hydrogens (primary N) is 1. The van der Waals surface area contributed by atoms with Crippen LogP contribution in [0.4, 0.5) is 10.1 Å².